The predicted molar refractivity (Wildman–Crippen MR) is 85.5 cm³/mol. The molecule has 6 heteroatoms. The molecule has 0 aliphatic heterocycles. The molecule has 6 nitrogen and oxygen atoms in total. The topological polar surface area (TPSA) is 104 Å². The molecule has 1 aromatic rings. The smallest absolute Gasteiger partial charge is 0.312 e. The van der Waals surface area contributed by atoms with Crippen molar-refractivity contribution in [3.8, 4) is 0 Å². The van der Waals surface area contributed by atoms with E-state index in [0.717, 1.165) is 36.8 Å². The van der Waals surface area contributed by atoms with Crippen molar-refractivity contribution in [1.29, 1.82) is 0 Å². The van der Waals surface area contributed by atoms with Crippen LogP contribution >= 0.6 is 0 Å². The van der Waals surface area contributed by atoms with Crippen LogP contribution in [0.2, 0.25) is 0 Å². The second-order valence-electron chi connectivity index (χ2n) is 6.52. The Balaban J connectivity index is 1.52. The lowest BCUT2D eigenvalue weighted by atomic mass is 9.85. The van der Waals surface area contributed by atoms with Gasteiger partial charge in [-0.15, -0.1) is 0 Å². The van der Waals surface area contributed by atoms with Crippen LogP contribution < -0.4 is 16.4 Å². The van der Waals surface area contributed by atoms with Gasteiger partial charge >= 0.3 is 6.03 Å². The van der Waals surface area contributed by atoms with Gasteiger partial charge in [0.25, 0.3) is 0 Å². The van der Waals surface area contributed by atoms with E-state index in [1.54, 1.807) is 0 Å². The molecule has 1 fully saturated rings. The molecule has 2 unspecified atom stereocenters. The summed E-state index contributed by atoms with van der Waals surface area (Å²) in [7, 11) is 0. The maximum Gasteiger partial charge on any atom is 0.312 e. The highest BCUT2D eigenvalue weighted by Gasteiger charge is 2.34. The molecule has 0 spiro atoms. The van der Waals surface area contributed by atoms with Crippen LogP contribution in [-0.4, -0.2) is 29.1 Å². The van der Waals surface area contributed by atoms with Crippen molar-refractivity contribution in [2.45, 2.75) is 50.3 Å². The standard InChI is InChI=1S/C17H23N3O3/c18-17(23)19-12-7-5-10(6-8-12)16(22)20-14-9-11-3-1-2-4-13(11)15(14)21/h1-4,10,12,14-15,21H,5-9H2,(H,20,22)(H3,18,19,23). The minimum absolute atomic E-state index is 0.000573. The van der Waals surface area contributed by atoms with Gasteiger partial charge in [0.2, 0.25) is 5.91 Å². The number of rotatable bonds is 3. The van der Waals surface area contributed by atoms with E-state index in [4.69, 9.17) is 5.73 Å². The van der Waals surface area contributed by atoms with Crippen molar-refractivity contribution in [3.05, 3.63) is 35.4 Å². The highest BCUT2D eigenvalue weighted by molar-refractivity contribution is 5.79. The molecule has 23 heavy (non-hydrogen) atoms. The number of hydrogen-bond acceptors (Lipinski definition) is 3. The van der Waals surface area contributed by atoms with Gasteiger partial charge < -0.3 is 21.5 Å². The maximum absolute atomic E-state index is 12.4. The first-order chi connectivity index (χ1) is 11.0. The lowest BCUT2D eigenvalue weighted by molar-refractivity contribution is -0.127. The van der Waals surface area contributed by atoms with Crippen molar-refractivity contribution in [1.82, 2.24) is 10.6 Å². The lowest BCUT2D eigenvalue weighted by Gasteiger charge is -2.29. The normalized spacial score (nSPS) is 29.6. The molecule has 3 rings (SSSR count). The Bertz CT molecular complexity index is 597. The van der Waals surface area contributed by atoms with E-state index in [2.05, 4.69) is 10.6 Å². The summed E-state index contributed by atoms with van der Waals surface area (Å²) < 4.78 is 0. The zero-order valence-electron chi connectivity index (χ0n) is 13.0. The summed E-state index contributed by atoms with van der Waals surface area (Å²) in [5.74, 6) is -0.0591. The van der Waals surface area contributed by atoms with E-state index in [1.165, 1.54) is 0 Å². The molecule has 1 saturated carbocycles. The average Bonchev–Trinajstić information content (AvgIpc) is 2.84. The van der Waals surface area contributed by atoms with Crippen LogP contribution in [0.5, 0.6) is 0 Å². The minimum Gasteiger partial charge on any atom is -0.386 e. The number of nitrogens with two attached hydrogens (primary N) is 1. The number of carbonyl (C=O) groups is 2. The quantitative estimate of drug-likeness (QED) is 0.668. The predicted octanol–water partition coefficient (Wildman–Crippen LogP) is 0.988. The Morgan fingerprint density at radius 2 is 1.78 bits per heavy atom. The summed E-state index contributed by atoms with van der Waals surface area (Å²) in [5.41, 5.74) is 7.13. The van der Waals surface area contributed by atoms with Gasteiger partial charge in [-0.3, -0.25) is 4.79 Å². The first-order valence-corrected chi connectivity index (χ1v) is 8.17. The van der Waals surface area contributed by atoms with Gasteiger partial charge in [0.05, 0.1) is 12.1 Å². The van der Waals surface area contributed by atoms with E-state index in [0.29, 0.717) is 6.42 Å². The zero-order valence-corrected chi connectivity index (χ0v) is 13.0. The second kappa shape index (κ2) is 6.58. The second-order valence-corrected chi connectivity index (χ2v) is 6.52. The van der Waals surface area contributed by atoms with E-state index in [1.807, 2.05) is 24.3 Å². The van der Waals surface area contributed by atoms with Crippen molar-refractivity contribution in [3.63, 3.8) is 0 Å². The first kappa shape index (κ1) is 15.8. The molecular weight excluding hydrogens is 294 g/mol. The van der Waals surface area contributed by atoms with Crippen LogP contribution in [0.3, 0.4) is 0 Å². The third-order valence-corrected chi connectivity index (χ3v) is 4.97. The fraction of sp³-hybridized carbons (Fsp3) is 0.529. The average molecular weight is 317 g/mol. The number of urea groups is 1. The third kappa shape index (κ3) is 3.47. The Morgan fingerprint density at radius 3 is 2.43 bits per heavy atom. The molecule has 1 aromatic carbocycles. The number of fused-ring (bicyclic) bond motifs is 1. The Kier molecular flexibility index (Phi) is 4.52. The molecule has 0 bridgehead atoms. The largest absolute Gasteiger partial charge is 0.386 e. The molecular formula is C17H23N3O3. The summed E-state index contributed by atoms with van der Waals surface area (Å²) in [6, 6.07) is 7.06. The molecule has 5 N–H and O–H groups in total. The zero-order chi connectivity index (χ0) is 16.4. The Hall–Kier alpha value is -2.08. The molecule has 0 aromatic heterocycles. The van der Waals surface area contributed by atoms with E-state index >= 15 is 0 Å². The van der Waals surface area contributed by atoms with Gasteiger partial charge in [-0.05, 0) is 43.2 Å². The van der Waals surface area contributed by atoms with Crippen LogP contribution in [0.25, 0.3) is 0 Å². The van der Waals surface area contributed by atoms with Crippen LogP contribution in [0.4, 0.5) is 4.79 Å². The van der Waals surface area contributed by atoms with E-state index in [9.17, 15) is 14.7 Å². The number of carbonyl (C=O) groups excluding carboxylic acids is 2. The fourth-order valence-electron chi connectivity index (χ4n) is 3.71. The molecule has 2 aliphatic rings. The summed E-state index contributed by atoms with van der Waals surface area (Å²) in [5, 5.41) is 16.1. The molecule has 124 valence electrons. The van der Waals surface area contributed by atoms with Crippen LogP contribution in [0.1, 0.15) is 42.9 Å². The van der Waals surface area contributed by atoms with Gasteiger partial charge in [0.15, 0.2) is 0 Å². The van der Waals surface area contributed by atoms with Crippen LogP contribution in [0, 0.1) is 5.92 Å². The summed E-state index contributed by atoms with van der Waals surface area (Å²) >= 11 is 0. The number of nitrogens with one attached hydrogen (secondary N) is 2. The first-order valence-electron chi connectivity index (χ1n) is 8.17. The Morgan fingerprint density at radius 1 is 1.09 bits per heavy atom. The van der Waals surface area contributed by atoms with Gasteiger partial charge in [0, 0.05) is 12.0 Å². The maximum atomic E-state index is 12.4. The van der Waals surface area contributed by atoms with Crippen molar-refractivity contribution in [2.24, 2.45) is 11.7 Å². The van der Waals surface area contributed by atoms with E-state index in [-0.39, 0.29) is 23.9 Å². The molecule has 0 radical (unpaired) electrons. The number of aliphatic hydroxyl groups excluding tert-OH is 1. The van der Waals surface area contributed by atoms with Crippen molar-refractivity contribution < 1.29 is 14.7 Å². The van der Waals surface area contributed by atoms with Crippen molar-refractivity contribution >= 4 is 11.9 Å². The van der Waals surface area contributed by atoms with Gasteiger partial charge in [0.1, 0.15) is 0 Å². The number of benzene rings is 1. The molecule has 0 heterocycles. The highest BCUT2D eigenvalue weighted by atomic mass is 16.3. The molecule has 2 aliphatic carbocycles. The number of amides is 3. The molecule has 0 saturated heterocycles. The van der Waals surface area contributed by atoms with Crippen molar-refractivity contribution in [2.75, 3.05) is 0 Å². The molecule has 2 atom stereocenters. The fourth-order valence-corrected chi connectivity index (χ4v) is 3.71. The van der Waals surface area contributed by atoms with Gasteiger partial charge in [-0.1, -0.05) is 24.3 Å². The Labute approximate surface area is 135 Å². The SMILES string of the molecule is NC(=O)NC1CCC(C(=O)NC2Cc3ccccc3C2O)CC1. The van der Waals surface area contributed by atoms with Crippen LogP contribution in [0.15, 0.2) is 24.3 Å². The number of aliphatic hydroxyl groups is 1. The third-order valence-electron chi connectivity index (χ3n) is 4.97. The van der Waals surface area contributed by atoms with Gasteiger partial charge in [-0.25, -0.2) is 4.79 Å². The van der Waals surface area contributed by atoms with Crippen LogP contribution in [-0.2, 0) is 11.2 Å². The molecule has 3 amide bonds. The lowest BCUT2D eigenvalue weighted by Crippen LogP contribution is -2.45. The minimum atomic E-state index is -0.636. The van der Waals surface area contributed by atoms with Gasteiger partial charge in [-0.2, -0.15) is 0 Å². The summed E-state index contributed by atoms with van der Waals surface area (Å²) in [4.78, 5) is 23.3. The monoisotopic (exact) mass is 317 g/mol. The highest BCUT2D eigenvalue weighted by Crippen LogP contribution is 2.32. The number of hydrogen-bond donors (Lipinski definition) is 4. The number of primary amides is 1. The van der Waals surface area contributed by atoms with E-state index < -0.39 is 12.1 Å². The summed E-state index contributed by atoms with van der Waals surface area (Å²) in [6.45, 7) is 0. The summed E-state index contributed by atoms with van der Waals surface area (Å²) in [6.07, 6.45) is 3.01.